The number of hydrogen-bond acceptors (Lipinski definition) is 2. The number of aryl methyl sites for hydroxylation is 2. The summed E-state index contributed by atoms with van der Waals surface area (Å²) >= 11 is 0. The van der Waals surface area contributed by atoms with Crippen LogP contribution in [0.5, 0.6) is 0 Å². The molecule has 3 heterocycles. The molecular weight excluding hydrogens is 284 g/mol. The predicted molar refractivity (Wildman–Crippen MR) is 93.2 cm³/mol. The largest absolute Gasteiger partial charge is 0.346 e. The minimum atomic E-state index is 0.847. The van der Waals surface area contributed by atoms with E-state index in [9.17, 15) is 0 Å². The second kappa shape index (κ2) is 5.39. The first-order valence-electron chi connectivity index (χ1n) is 7.84. The number of aromatic nitrogens is 4. The van der Waals surface area contributed by atoms with Gasteiger partial charge in [-0.3, -0.25) is 4.68 Å². The summed E-state index contributed by atoms with van der Waals surface area (Å²) in [4.78, 5) is 7.67. The van der Waals surface area contributed by atoms with Crippen LogP contribution < -0.4 is 0 Å². The van der Waals surface area contributed by atoms with Crippen LogP contribution in [-0.4, -0.2) is 19.7 Å². The molecule has 3 aromatic heterocycles. The Morgan fingerprint density at radius 2 is 1.96 bits per heavy atom. The fourth-order valence-corrected chi connectivity index (χ4v) is 3.04. The van der Waals surface area contributed by atoms with Crippen molar-refractivity contribution in [3.63, 3.8) is 0 Å². The Hall–Kier alpha value is -2.88. The zero-order valence-electron chi connectivity index (χ0n) is 13.2. The highest BCUT2D eigenvalue weighted by atomic mass is 15.3. The first-order valence-corrected chi connectivity index (χ1v) is 7.84. The third kappa shape index (κ3) is 2.23. The lowest BCUT2D eigenvalue weighted by molar-refractivity contribution is 0.662. The quantitative estimate of drug-likeness (QED) is 0.609. The number of hydrogen-bond donors (Lipinski definition) is 1. The van der Waals surface area contributed by atoms with E-state index in [-0.39, 0.29) is 0 Å². The number of H-pyrrole nitrogens is 1. The van der Waals surface area contributed by atoms with Crippen molar-refractivity contribution >= 4 is 11.0 Å². The van der Waals surface area contributed by atoms with E-state index in [4.69, 9.17) is 5.10 Å². The predicted octanol–water partition coefficient (Wildman–Crippen LogP) is 4.42. The van der Waals surface area contributed by atoms with Gasteiger partial charge in [0.25, 0.3) is 0 Å². The van der Waals surface area contributed by atoms with E-state index < -0.39 is 0 Å². The minimum Gasteiger partial charge on any atom is -0.346 e. The Morgan fingerprint density at radius 3 is 2.74 bits per heavy atom. The van der Waals surface area contributed by atoms with Crippen LogP contribution in [0.4, 0.5) is 0 Å². The molecule has 114 valence electrons. The van der Waals surface area contributed by atoms with Gasteiger partial charge in [0.2, 0.25) is 0 Å². The zero-order valence-corrected chi connectivity index (χ0v) is 13.2. The fraction of sp³-hybridized carbons (Fsp3) is 0.158. The molecule has 0 amide bonds. The second-order valence-electron chi connectivity index (χ2n) is 5.67. The van der Waals surface area contributed by atoms with Crippen molar-refractivity contribution < 1.29 is 0 Å². The van der Waals surface area contributed by atoms with Crippen molar-refractivity contribution in [3.05, 3.63) is 60.6 Å². The van der Waals surface area contributed by atoms with Crippen LogP contribution in [0, 0.1) is 6.92 Å². The molecule has 0 saturated carbocycles. The molecule has 4 aromatic rings. The minimum absolute atomic E-state index is 0.847. The van der Waals surface area contributed by atoms with Crippen LogP contribution in [0.3, 0.4) is 0 Å². The van der Waals surface area contributed by atoms with E-state index >= 15 is 0 Å². The van der Waals surface area contributed by atoms with Crippen LogP contribution in [0.25, 0.3) is 33.4 Å². The van der Waals surface area contributed by atoms with Gasteiger partial charge in [-0.15, -0.1) is 0 Å². The Balaban J connectivity index is 2.03. The number of pyridine rings is 1. The van der Waals surface area contributed by atoms with E-state index in [2.05, 4.69) is 60.3 Å². The van der Waals surface area contributed by atoms with Gasteiger partial charge >= 0.3 is 0 Å². The van der Waals surface area contributed by atoms with E-state index in [0.717, 1.165) is 40.0 Å². The summed E-state index contributed by atoms with van der Waals surface area (Å²) in [6, 6.07) is 12.4. The first-order chi connectivity index (χ1) is 11.3. The van der Waals surface area contributed by atoms with Crippen molar-refractivity contribution in [1.82, 2.24) is 19.7 Å². The molecule has 0 fully saturated rings. The Kier molecular flexibility index (Phi) is 3.23. The molecule has 0 unspecified atom stereocenters. The number of aromatic amines is 1. The molecule has 1 aromatic carbocycles. The number of benzene rings is 1. The van der Waals surface area contributed by atoms with E-state index in [1.807, 2.05) is 23.1 Å². The molecule has 0 spiro atoms. The molecule has 0 aliphatic carbocycles. The van der Waals surface area contributed by atoms with Crippen molar-refractivity contribution in [2.45, 2.75) is 20.4 Å². The van der Waals surface area contributed by atoms with Gasteiger partial charge in [0.1, 0.15) is 11.3 Å². The van der Waals surface area contributed by atoms with Gasteiger partial charge < -0.3 is 4.98 Å². The monoisotopic (exact) mass is 302 g/mol. The molecule has 0 radical (unpaired) electrons. The summed E-state index contributed by atoms with van der Waals surface area (Å²) in [5.41, 5.74) is 6.58. The van der Waals surface area contributed by atoms with Gasteiger partial charge in [0, 0.05) is 47.2 Å². The lowest BCUT2D eigenvalue weighted by Gasteiger charge is -2.08. The molecule has 4 heteroatoms. The lowest BCUT2D eigenvalue weighted by atomic mass is 9.97. The number of fused-ring (bicyclic) bond motifs is 1. The molecule has 0 bridgehead atoms. The Bertz CT molecular complexity index is 964. The van der Waals surface area contributed by atoms with Crippen LogP contribution in [0.2, 0.25) is 0 Å². The highest BCUT2D eigenvalue weighted by Crippen LogP contribution is 2.36. The number of rotatable bonds is 3. The van der Waals surface area contributed by atoms with Crippen molar-refractivity contribution in [2.75, 3.05) is 0 Å². The molecule has 4 nitrogen and oxygen atoms in total. The topological polar surface area (TPSA) is 46.5 Å². The molecule has 0 aliphatic heterocycles. The SMILES string of the molecule is CCn1cc(-c2c(C)cnc3[nH]ccc23)c(-c2ccccc2)n1. The third-order valence-electron chi connectivity index (χ3n) is 4.18. The van der Waals surface area contributed by atoms with Crippen molar-refractivity contribution in [3.8, 4) is 22.4 Å². The zero-order chi connectivity index (χ0) is 15.8. The molecule has 0 atom stereocenters. The van der Waals surface area contributed by atoms with Crippen LogP contribution in [-0.2, 0) is 6.54 Å². The maximum atomic E-state index is 4.79. The molecule has 4 rings (SSSR count). The molecular formula is C19H18N4. The smallest absolute Gasteiger partial charge is 0.137 e. The first kappa shape index (κ1) is 13.8. The van der Waals surface area contributed by atoms with Gasteiger partial charge in [-0.2, -0.15) is 5.10 Å². The van der Waals surface area contributed by atoms with E-state index in [1.165, 1.54) is 5.56 Å². The van der Waals surface area contributed by atoms with Gasteiger partial charge in [-0.05, 0) is 25.5 Å². The highest BCUT2D eigenvalue weighted by Gasteiger charge is 2.17. The second-order valence-corrected chi connectivity index (χ2v) is 5.67. The Labute approximate surface area is 134 Å². The summed E-state index contributed by atoms with van der Waals surface area (Å²) in [6.07, 6.45) is 6.00. The van der Waals surface area contributed by atoms with Gasteiger partial charge in [-0.1, -0.05) is 30.3 Å². The third-order valence-corrected chi connectivity index (χ3v) is 4.18. The van der Waals surface area contributed by atoms with Crippen molar-refractivity contribution in [2.24, 2.45) is 0 Å². The average Bonchev–Trinajstić information content (AvgIpc) is 3.22. The molecule has 0 saturated heterocycles. The Morgan fingerprint density at radius 1 is 1.13 bits per heavy atom. The summed E-state index contributed by atoms with van der Waals surface area (Å²) in [7, 11) is 0. The number of nitrogens with one attached hydrogen (secondary N) is 1. The summed E-state index contributed by atoms with van der Waals surface area (Å²) < 4.78 is 2.00. The van der Waals surface area contributed by atoms with Crippen molar-refractivity contribution in [1.29, 1.82) is 0 Å². The summed E-state index contributed by atoms with van der Waals surface area (Å²) in [5, 5.41) is 5.93. The normalized spacial score (nSPS) is 11.2. The maximum Gasteiger partial charge on any atom is 0.137 e. The van der Waals surface area contributed by atoms with Gasteiger partial charge in [0.15, 0.2) is 0 Å². The maximum absolute atomic E-state index is 4.79. The average molecular weight is 302 g/mol. The van der Waals surface area contributed by atoms with E-state index in [0.29, 0.717) is 0 Å². The highest BCUT2D eigenvalue weighted by molar-refractivity contribution is 5.98. The van der Waals surface area contributed by atoms with Crippen LogP contribution >= 0.6 is 0 Å². The van der Waals surface area contributed by atoms with Crippen LogP contribution in [0.1, 0.15) is 12.5 Å². The molecule has 23 heavy (non-hydrogen) atoms. The number of nitrogens with zero attached hydrogens (tertiary/aromatic N) is 3. The van der Waals surface area contributed by atoms with Gasteiger partial charge in [-0.25, -0.2) is 4.98 Å². The standard InChI is InChI=1S/C19H18N4/c1-3-23-12-16(18(22-23)14-7-5-4-6-8-14)17-13(2)11-21-19-15(17)9-10-20-19/h4-12H,3H2,1-2H3,(H,20,21). The fourth-order valence-electron chi connectivity index (χ4n) is 3.04. The van der Waals surface area contributed by atoms with Gasteiger partial charge in [0.05, 0.1) is 0 Å². The summed E-state index contributed by atoms with van der Waals surface area (Å²) in [5.74, 6) is 0. The van der Waals surface area contributed by atoms with Crippen LogP contribution in [0.15, 0.2) is 55.0 Å². The summed E-state index contributed by atoms with van der Waals surface area (Å²) in [6.45, 7) is 5.06. The van der Waals surface area contributed by atoms with E-state index in [1.54, 1.807) is 0 Å². The molecule has 1 N–H and O–H groups in total. The molecule has 0 aliphatic rings. The lowest BCUT2D eigenvalue weighted by Crippen LogP contribution is -1.93.